The predicted molar refractivity (Wildman–Crippen MR) is 127 cm³/mol. The first-order chi connectivity index (χ1) is 15.4. The van der Waals surface area contributed by atoms with E-state index >= 15 is 0 Å². The first-order valence-electron chi connectivity index (χ1n) is 11.0. The number of methoxy groups -OCH3 is 1. The third kappa shape index (κ3) is 6.42. The fourth-order valence-corrected chi connectivity index (χ4v) is 4.39. The van der Waals surface area contributed by atoms with Crippen molar-refractivity contribution < 1.29 is 19.4 Å². The highest BCUT2D eigenvalue weighted by molar-refractivity contribution is 6.33. The van der Waals surface area contributed by atoms with Crippen molar-refractivity contribution in [1.29, 1.82) is 0 Å². The molecule has 0 aliphatic carbocycles. The Morgan fingerprint density at radius 1 is 1.16 bits per heavy atom. The van der Waals surface area contributed by atoms with Gasteiger partial charge in [0.1, 0.15) is 11.9 Å². The van der Waals surface area contributed by atoms with Crippen LogP contribution in [0.25, 0.3) is 0 Å². The summed E-state index contributed by atoms with van der Waals surface area (Å²) < 4.78 is 11.6. The fourth-order valence-electron chi connectivity index (χ4n) is 4.17. The van der Waals surface area contributed by atoms with Crippen molar-refractivity contribution in [2.24, 2.45) is 5.92 Å². The lowest BCUT2D eigenvalue weighted by Gasteiger charge is -2.38. The number of aromatic nitrogens is 1. The van der Waals surface area contributed by atoms with Gasteiger partial charge in [-0.05, 0) is 37.1 Å². The zero-order chi connectivity index (χ0) is 23.1. The Balaban J connectivity index is 0.000000668. The second-order valence-electron chi connectivity index (χ2n) is 8.25. The van der Waals surface area contributed by atoms with Crippen molar-refractivity contribution in [2.75, 3.05) is 43.1 Å². The lowest BCUT2D eigenvalue weighted by molar-refractivity contribution is -0.134. The third-order valence-corrected chi connectivity index (χ3v) is 6.07. The van der Waals surface area contributed by atoms with Gasteiger partial charge in [-0.2, -0.15) is 0 Å². The van der Waals surface area contributed by atoms with Crippen molar-refractivity contribution in [2.45, 2.75) is 39.2 Å². The summed E-state index contributed by atoms with van der Waals surface area (Å²) in [7, 11) is 1.62. The van der Waals surface area contributed by atoms with E-state index in [9.17, 15) is 0 Å². The Labute approximate surface area is 194 Å². The molecule has 0 amide bonds. The van der Waals surface area contributed by atoms with Crippen LogP contribution in [0.3, 0.4) is 0 Å². The van der Waals surface area contributed by atoms with Crippen molar-refractivity contribution >= 4 is 28.9 Å². The van der Waals surface area contributed by atoms with Crippen LogP contribution in [-0.2, 0) is 4.79 Å². The number of carboxylic acids is 1. The number of nitrogens with zero attached hydrogens (tertiary/aromatic N) is 3. The maximum Gasteiger partial charge on any atom is 0.300 e. The molecule has 1 aromatic heterocycles. The number of carbonyl (C=O) groups is 1. The molecular formula is C24H32ClN3O4. The summed E-state index contributed by atoms with van der Waals surface area (Å²) in [6.45, 7) is 7.44. The van der Waals surface area contributed by atoms with E-state index < -0.39 is 5.97 Å². The lowest BCUT2D eigenvalue weighted by atomic mass is 9.96. The van der Waals surface area contributed by atoms with Crippen molar-refractivity contribution in [3.8, 4) is 11.6 Å². The SMILES string of the molecule is CC(=O)O.COc1cc(N2CCC(Oc3ccc(N4CCCC4)cc3)C(C)C2)c(Cl)cn1. The van der Waals surface area contributed by atoms with Crippen LogP contribution >= 0.6 is 11.6 Å². The van der Waals surface area contributed by atoms with Crippen molar-refractivity contribution in [3.05, 3.63) is 41.6 Å². The van der Waals surface area contributed by atoms with E-state index in [4.69, 9.17) is 31.0 Å². The minimum Gasteiger partial charge on any atom is -0.490 e. The molecule has 0 radical (unpaired) electrons. The number of rotatable bonds is 5. The predicted octanol–water partition coefficient (Wildman–Crippen LogP) is 4.73. The molecule has 2 saturated heterocycles. The van der Waals surface area contributed by atoms with Crippen molar-refractivity contribution in [3.63, 3.8) is 0 Å². The van der Waals surface area contributed by atoms with Crippen LogP contribution in [0.4, 0.5) is 11.4 Å². The van der Waals surface area contributed by atoms with Gasteiger partial charge in [0, 0.05) is 57.2 Å². The highest BCUT2D eigenvalue weighted by atomic mass is 35.5. The lowest BCUT2D eigenvalue weighted by Crippen LogP contribution is -2.44. The number of pyridine rings is 1. The Morgan fingerprint density at radius 3 is 2.41 bits per heavy atom. The minimum atomic E-state index is -0.833. The smallest absolute Gasteiger partial charge is 0.300 e. The van der Waals surface area contributed by atoms with Gasteiger partial charge in [0.15, 0.2) is 0 Å². The second kappa shape index (κ2) is 11.3. The first-order valence-corrected chi connectivity index (χ1v) is 11.4. The summed E-state index contributed by atoms with van der Waals surface area (Å²) in [6.07, 6.45) is 5.40. The maximum absolute atomic E-state index is 9.00. The molecule has 2 aliphatic heterocycles. The van der Waals surface area contributed by atoms with Crippen LogP contribution in [0.15, 0.2) is 36.5 Å². The van der Waals surface area contributed by atoms with E-state index in [1.165, 1.54) is 18.5 Å². The standard InChI is InChI=1S/C22H28ClN3O2.C2H4O2/c1-16-15-26(20-13-22(27-2)24-14-19(20)23)12-9-21(16)28-18-7-5-17(6-8-18)25-10-3-4-11-25;1-2(3)4/h5-8,13-14,16,21H,3-4,9-12,15H2,1-2H3;1H3,(H,3,4). The highest BCUT2D eigenvalue weighted by Gasteiger charge is 2.29. The summed E-state index contributed by atoms with van der Waals surface area (Å²) in [5, 5.41) is 8.07. The van der Waals surface area contributed by atoms with Crippen LogP contribution in [0.1, 0.15) is 33.1 Å². The molecule has 2 atom stereocenters. The van der Waals surface area contributed by atoms with E-state index in [1.807, 2.05) is 6.07 Å². The number of aliphatic carboxylic acids is 1. The van der Waals surface area contributed by atoms with Gasteiger partial charge in [-0.25, -0.2) is 4.98 Å². The molecule has 0 spiro atoms. The van der Waals surface area contributed by atoms with Gasteiger partial charge in [0.2, 0.25) is 5.88 Å². The van der Waals surface area contributed by atoms with Gasteiger partial charge >= 0.3 is 0 Å². The molecule has 2 fully saturated rings. The average molecular weight is 462 g/mol. The van der Waals surface area contributed by atoms with Gasteiger partial charge in [0.05, 0.1) is 24.0 Å². The van der Waals surface area contributed by atoms with Crippen LogP contribution in [-0.4, -0.2) is 55.5 Å². The molecule has 8 heteroatoms. The maximum atomic E-state index is 9.00. The first kappa shape index (κ1) is 24.0. The number of piperidine rings is 1. The van der Waals surface area contributed by atoms with E-state index in [0.717, 1.165) is 51.0 Å². The molecule has 2 aliphatic rings. The van der Waals surface area contributed by atoms with Gasteiger partial charge < -0.3 is 24.4 Å². The molecule has 0 bridgehead atoms. The molecule has 1 N–H and O–H groups in total. The zero-order valence-electron chi connectivity index (χ0n) is 19.0. The van der Waals surface area contributed by atoms with E-state index in [-0.39, 0.29) is 6.10 Å². The summed E-state index contributed by atoms with van der Waals surface area (Å²) in [6, 6.07) is 10.5. The quantitative estimate of drug-likeness (QED) is 0.689. The van der Waals surface area contributed by atoms with Crippen molar-refractivity contribution in [1.82, 2.24) is 4.98 Å². The molecule has 2 aromatic rings. The van der Waals surface area contributed by atoms with Gasteiger partial charge in [-0.1, -0.05) is 18.5 Å². The Hall–Kier alpha value is -2.67. The molecule has 1 aromatic carbocycles. The van der Waals surface area contributed by atoms with Crippen LogP contribution in [0.2, 0.25) is 5.02 Å². The summed E-state index contributed by atoms with van der Waals surface area (Å²) in [5.74, 6) is 1.10. The number of ether oxygens (including phenoxy) is 2. The molecule has 7 nitrogen and oxygen atoms in total. The van der Waals surface area contributed by atoms with Gasteiger partial charge in [-0.3, -0.25) is 4.79 Å². The minimum absolute atomic E-state index is 0.205. The van der Waals surface area contributed by atoms with Crippen LogP contribution < -0.4 is 19.3 Å². The zero-order valence-corrected chi connectivity index (χ0v) is 19.7. The normalized spacial score (nSPS) is 20.4. The molecular weight excluding hydrogens is 430 g/mol. The van der Waals surface area contributed by atoms with E-state index in [1.54, 1.807) is 13.3 Å². The highest BCUT2D eigenvalue weighted by Crippen LogP contribution is 2.33. The number of carboxylic acid groups (broad SMARTS) is 1. The Kier molecular flexibility index (Phi) is 8.45. The molecule has 4 rings (SSSR count). The Morgan fingerprint density at radius 2 is 1.81 bits per heavy atom. The molecule has 3 heterocycles. The number of hydrogen-bond acceptors (Lipinski definition) is 6. The molecule has 0 saturated carbocycles. The molecule has 2 unspecified atom stereocenters. The van der Waals surface area contributed by atoms with Crippen LogP contribution in [0, 0.1) is 5.92 Å². The summed E-state index contributed by atoms with van der Waals surface area (Å²) in [5.41, 5.74) is 2.28. The number of halogens is 1. The monoisotopic (exact) mass is 461 g/mol. The third-order valence-electron chi connectivity index (χ3n) is 5.78. The van der Waals surface area contributed by atoms with Gasteiger partial charge in [0.25, 0.3) is 5.97 Å². The van der Waals surface area contributed by atoms with Crippen LogP contribution in [0.5, 0.6) is 11.6 Å². The Bertz CT molecular complexity index is 883. The largest absolute Gasteiger partial charge is 0.490 e. The molecule has 174 valence electrons. The number of anilines is 2. The molecule has 32 heavy (non-hydrogen) atoms. The van der Waals surface area contributed by atoms with E-state index in [2.05, 4.69) is 46.0 Å². The summed E-state index contributed by atoms with van der Waals surface area (Å²) >= 11 is 6.37. The number of hydrogen-bond donors (Lipinski definition) is 1. The average Bonchev–Trinajstić information content (AvgIpc) is 3.31. The second-order valence-corrected chi connectivity index (χ2v) is 8.66. The fraction of sp³-hybridized carbons (Fsp3) is 0.500. The summed E-state index contributed by atoms with van der Waals surface area (Å²) in [4.78, 5) is 17.9. The topological polar surface area (TPSA) is 75.1 Å². The van der Waals surface area contributed by atoms with E-state index in [0.29, 0.717) is 16.8 Å². The van der Waals surface area contributed by atoms with Gasteiger partial charge in [-0.15, -0.1) is 0 Å². The number of benzene rings is 1.